The summed E-state index contributed by atoms with van der Waals surface area (Å²) in [6.45, 7) is 6.11. The van der Waals surface area contributed by atoms with Gasteiger partial charge in [0.2, 0.25) is 5.91 Å². The molecule has 0 aliphatic rings. The number of hydrogen-bond acceptors (Lipinski definition) is 5. The maximum absolute atomic E-state index is 13.2. The fraction of sp³-hybridized carbons (Fsp3) is 0.429. The fourth-order valence-corrected chi connectivity index (χ4v) is 4.23. The molecule has 0 radical (unpaired) electrons. The number of aromatic hydroxyl groups is 1. The number of carbonyl (C=O) groups is 2. The Morgan fingerprint density at radius 1 is 0.974 bits per heavy atom. The second-order valence-corrected chi connectivity index (χ2v) is 9.47. The molecule has 2 aromatic carbocycles. The van der Waals surface area contributed by atoms with Gasteiger partial charge < -0.3 is 33.4 Å². The lowest BCUT2D eigenvalue weighted by molar-refractivity contribution is -0.129. The van der Waals surface area contributed by atoms with Crippen molar-refractivity contribution in [3.63, 3.8) is 0 Å². The number of carbonyl (C=O) groups excluding carboxylic acids is 2. The Morgan fingerprint density at radius 2 is 1.58 bits per heavy atom. The van der Waals surface area contributed by atoms with Crippen LogP contribution in [0.25, 0.3) is 0 Å². The van der Waals surface area contributed by atoms with E-state index in [0.29, 0.717) is 19.5 Å². The first kappa shape index (κ1) is 31.9. The number of amides is 1. The van der Waals surface area contributed by atoms with Crippen molar-refractivity contribution in [1.29, 1.82) is 0 Å². The number of ketones is 1. The zero-order valence-corrected chi connectivity index (χ0v) is 21.8. The van der Waals surface area contributed by atoms with Gasteiger partial charge in [-0.2, -0.15) is 0 Å². The van der Waals surface area contributed by atoms with Crippen molar-refractivity contribution < 1.29 is 14.7 Å². The second kappa shape index (κ2) is 15.2. The van der Waals surface area contributed by atoms with E-state index in [0.717, 1.165) is 22.3 Å². The van der Waals surface area contributed by atoms with Crippen LogP contribution in [-0.2, 0) is 22.4 Å². The van der Waals surface area contributed by atoms with Crippen LogP contribution < -0.4 is 28.3 Å². The zero-order chi connectivity index (χ0) is 27.5. The summed E-state index contributed by atoms with van der Waals surface area (Å²) in [4.78, 5) is 34.3. The molecule has 0 spiro atoms. The standard InChI is InChI=1S/C27H39N7O3.CH4/c1-16-9-21(35)10-17(2)22(16)13-23(34-27(30)31)24(36)11-18(3)25(37)32-14-20(15-33-26(28)29)12-19-7-5-4-6-8-19;/h4-10,18,20,23,35H,11-15H2,1-3H3,(H,32,37)(H4,28,29,33)(H4,30,31,34);1H4/t18-,20?,23-;/m0./s1. The van der Waals surface area contributed by atoms with Gasteiger partial charge in [0.05, 0.1) is 0 Å². The quantitative estimate of drug-likeness (QED) is 0.169. The molecular weight excluding hydrogens is 482 g/mol. The number of nitrogens with two attached hydrogens (primary N) is 4. The van der Waals surface area contributed by atoms with Crippen molar-refractivity contribution in [1.82, 2.24) is 5.32 Å². The molecule has 3 atom stereocenters. The van der Waals surface area contributed by atoms with Crippen molar-refractivity contribution in [3.05, 3.63) is 64.7 Å². The largest absolute Gasteiger partial charge is 0.508 e. The molecule has 2 rings (SSSR count). The summed E-state index contributed by atoms with van der Waals surface area (Å²) in [5.74, 6) is -1.17. The van der Waals surface area contributed by atoms with Gasteiger partial charge in [0.1, 0.15) is 11.8 Å². The minimum Gasteiger partial charge on any atom is -0.508 e. The smallest absolute Gasteiger partial charge is 0.223 e. The van der Waals surface area contributed by atoms with Crippen molar-refractivity contribution in [2.45, 2.75) is 53.5 Å². The number of phenols is 1. The molecule has 2 aromatic rings. The molecule has 1 amide bonds. The Balaban J connectivity index is 0.00000722. The Kier molecular flexibility index (Phi) is 12.8. The van der Waals surface area contributed by atoms with Gasteiger partial charge in [-0.15, -0.1) is 0 Å². The highest BCUT2D eigenvalue weighted by Crippen LogP contribution is 2.23. The summed E-state index contributed by atoms with van der Waals surface area (Å²) in [6, 6.07) is 12.3. The number of phenolic OH excluding ortho intramolecular Hbond substituents is 1. The molecule has 0 fully saturated rings. The zero-order valence-electron chi connectivity index (χ0n) is 21.8. The normalized spacial score (nSPS) is 12.8. The molecule has 0 saturated carbocycles. The molecular formula is C28H43N7O3. The van der Waals surface area contributed by atoms with E-state index in [1.54, 1.807) is 19.1 Å². The summed E-state index contributed by atoms with van der Waals surface area (Å²) in [7, 11) is 0. The third kappa shape index (κ3) is 10.5. The molecule has 1 unspecified atom stereocenters. The number of Topliss-reactive ketones (excluding diaryl/α,β-unsaturated/α-hetero) is 1. The van der Waals surface area contributed by atoms with Gasteiger partial charge in [-0.1, -0.05) is 44.7 Å². The number of nitrogens with zero attached hydrogens (tertiary/aromatic N) is 2. The minimum absolute atomic E-state index is 0. The molecule has 0 bridgehead atoms. The number of aryl methyl sites for hydroxylation is 2. The molecule has 38 heavy (non-hydrogen) atoms. The molecule has 0 aromatic heterocycles. The van der Waals surface area contributed by atoms with E-state index in [1.165, 1.54) is 0 Å². The Bertz CT molecular complexity index is 1100. The number of nitrogens with one attached hydrogen (secondary N) is 1. The van der Waals surface area contributed by atoms with Crippen molar-refractivity contribution in [2.24, 2.45) is 44.8 Å². The van der Waals surface area contributed by atoms with Gasteiger partial charge in [0.15, 0.2) is 17.7 Å². The highest BCUT2D eigenvalue weighted by molar-refractivity contribution is 5.91. The number of hydrogen-bond donors (Lipinski definition) is 6. The van der Waals surface area contributed by atoms with Crippen LogP contribution in [0.4, 0.5) is 0 Å². The highest BCUT2D eigenvalue weighted by Gasteiger charge is 2.25. The molecule has 0 aliphatic carbocycles. The van der Waals surface area contributed by atoms with E-state index in [2.05, 4.69) is 15.3 Å². The topological polar surface area (TPSA) is 195 Å². The van der Waals surface area contributed by atoms with Crippen molar-refractivity contribution >= 4 is 23.6 Å². The molecule has 0 aliphatic heterocycles. The molecule has 10 heteroatoms. The van der Waals surface area contributed by atoms with Gasteiger partial charge in [0.25, 0.3) is 0 Å². The maximum atomic E-state index is 13.2. The molecule has 10 nitrogen and oxygen atoms in total. The lowest BCUT2D eigenvalue weighted by atomic mass is 9.91. The number of benzene rings is 2. The van der Waals surface area contributed by atoms with E-state index in [-0.39, 0.29) is 55.5 Å². The Labute approximate surface area is 225 Å². The third-order valence-corrected chi connectivity index (χ3v) is 6.17. The predicted molar refractivity (Wildman–Crippen MR) is 154 cm³/mol. The fourth-order valence-electron chi connectivity index (χ4n) is 4.23. The monoisotopic (exact) mass is 525 g/mol. The summed E-state index contributed by atoms with van der Waals surface area (Å²) in [5.41, 5.74) is 25.8. The molecule has 208 valence electrons. The van der Waals surface area contributed by atoms with Crippen LogP contribution in [0.1, 0.15) is 43.0 Å². The van der Waals surface area contributed by atoms with E-state index < -0.39 is 12.0 Å². The molecule has 0 heterocycles. The predicted octanol–water partition coefficient (Wildman–Crippen LogP) is 1.67. The summed E-state index contributed by atoms with van der Waals surface area (Å²) in [5, 5.41) is 12.8. The van der Waals surface area contributed by atoms with Crippen LogP contribution >= 0.6 is 0 Å². The first-order valence-electron chi connectivity index (χ1n) is 12.2. The van der Waals surface area contributed by atoms with Crippen LogP contribution in [-0.4, -0.2) is 47.8 Å². The van der Waals surface area contributed by atoms with E-state index in [4.69, 9.17) is 22.9 Å². The summed E-state index contributed by atoms with van der Waals surface area (Å²) < 4.78 is 0. The SMILES string of the molecule is C.Cc1cc(O)cc(C)c1C[C@H](N=C(N)N)C(=O)C[C@H](C)C(=O)NCC(CN=C(N)N)Cc1ccccc1. The first-order chi connectivity index (χ1) is 17.5. The third-order valence-electron chi connectivity index (χ3n) is 6.17. The summed E-state index contributed by atoms with van der Waals surface area (Å²) >= 11 is 0. The van der Waals surface area contributed by atoms with Crippen LogP contribution in [0.5, 0.6) is 5.75 Å². The lowest BCUT2D eigenvalue weighted by Gasteiger charge is -2.20. The van der Waals surface area contributed by atoms with Crippen LogP contribution in [0.2, 0.25) is 0 Å². The van der Waals surface area contributed by atoms with Gasteiger partial charge in [-0.05, 0) is 60.6 Å². The van der Waals surface area contributed by atoms with Crippen LogP contribution in [0.15, 0.2) is 52.4 Å². The lowest BCUT2D eigenvalue weighted by Crippen LogP contribution is -2.38. The maximum Gasteiger partial charge on any atom is 0.223 e. The molecule has 0 saturated heterocycles. The van der Waals surface area contributed by atoms with Gasteiger partial charge in [-0.25, -0.2) is 4.99 Å². The first-order valence-corrected chi connectivity index (χ1v) is 12.2. The van der Waals surface area contributed by atoms with Gasteiger partial charge in [-0.3, -0.25) is 14.6 Å². The van der Waals surface area contributed by atoms with E-state index >= 15 is 0 Å². The van der Waals surface area contributed by atoms with Crippen molar-refractivity contribution in [3.8, 4) is 5.75 Å². The molecule has 10 N–H and O–H groups in total. The van der Waals surface area contributed by atoms with E-state index in [9.17, 15) is 14.7 Å². The number of guanidine groups is 2. The highest BCUT2D eigenvalue weighted by atomic mass is 16.3. The second-order valence-electron chi connectivity index (χ2n) is 9.47. The Hall–Kier alpha value is -4.08. The van der Waals surface area contributed by atoms with Crippen LogP contribution in [0, 0.1) is 25.7 Å². The van der Waals surface area contributed by atoms with Crippen LogP contribution in [0.3, 0.4) is 0 Å². The average molecular weight is 526 g/mol. The average Bonchev–Trinajstić information content (AvgIpc) is 2.82. The van der Waals surface area contributed by atoms with Gasteiger partial charge >= 0.3 is 0 Å². The number of aliphatic imine (C=N–C) groups is 2. The number of rotatable bonds is 13. The summed E-state index contributed by atoms with van der Waals surface area (Å²) in [6.07, 6.45) is 0.921. The minimum atomic E-state index is -0.838. The Morgan fingerprint density at radius 3 is 2.13 bits per heavy atom. The van der Waals surface area contributed by atoms with E-state index in [1.807, 2.05) is 44.2 Å². The van der Waals surface area contributed by atoms with Gasteiger partial charge in [0, 0.05) is 31.8 Å². The van der Waals surface area contributed by atoms with Crippen molar-refractivity contribution in [2.75, 3.05) is 13.1 Å².